The van der Waals surface area contributed by atoms with Gasteiger partial charge in [-0.1, -0.05) is 53.4 Å². The number of phenolic OH excluding ortho intramolecular Hbond substituents is 3. The zero-order chi connectivity index (χ0) is 28.8. The Morgan fingerprint density at radius 3 is 1.82 bits per heavy atom. The van der Waals surface area contributed by atoms with Crippen molar-refractivity contribution in [1.82, 2.24) is 0 Å². The van der Waals surface area contributed by atoms with Crippen LogP contribution in [0.2, 0.25) is 0 Å². The lowest BCUT2D eigenvalue weighted by atomic mass is 9.71. The van der Waals surface area contributed by atoms with Gasteiger partial charge in [0.2, 0.25) is 0 Å². The molecule has 0 aliphatic heterocycles. The standard InChI is InChI=1S/C31H52O8/c1-6-10-14-36-20-22-18-23(27-25(34)19-24(33)26(21(5)32)28(27)35)30(38-16-12-8-3)31(39-17-13-9-4)29(22)37-15-11-7-2/h19,22-23,29-31,33-35H,6-18,20H2,1-5H3. The molecule has 1 aromatic carbocycles. The first-order chi connectivity index (χ1) is 18.8. The molecule has 0 saturated heterocycles. The van der Waals surface area contributed by atoms with Crippen molar-refractivity contribution in [3.63, 3.8) is 0 Å². The van der Waals surface area contributed by atoms with Crippen LogP contribution in [0.3, 0.4) is 0 Å². The fourth-order valence-corrected chi connectivity index (χ4v) is 5.30. The molecule has 224 valence electrons. The normalized spacial score (nSPS) is 23.3. The van der Waals surface area contributed by atoms with Gasteiger partial charge in [0, 0.05) is 49.9 Å². The Hall–Kier alpha value is -1.87. The first kappa shape index (κ1) is 33.3. The molecule has 8 nitrogen and oxygen atoms in total. The van der Waals surface area contributed by atoms with E-state index >= 15 is 0 Å². The van der Waals surface area contributed by atoms with E-state index in [1.165, 1.54) is 6.92 Å². The molecule has 3 N–H and O–H groups in total. The van der Waals surface area contributed by atoms with Crippen LogP contribution in [0.5, 0.6) is 17.2 Å². The van der Waals surface area contributed by atoms with Crippen molar-refractivity contribution in [2.24, 2.45) is 5.92 Å². The molecule has 39 heavy (non-hydrogen) atoms. The number of Topliss-reactive ketones (excluding diaryl/α,β-unsaturated/α-hetero) is 1. The monoisotopic (exact) mass is 552 g/mol. The molecule has 0 amide bonds. The summed E-state index contributed by atoms with van der Waals surface area (Å²) in [5.74, 6) is -2.20. The van der Waals surface area contributed by atoms with Gasteiger partial charge in [-0.2, -0.15) is 0 Å². The van der Waals surface area contributed by atoms with E-state index in [1.54, 1.807) is 0 Å². The average Bonchev–Trinajstić information content (AvgIpc) is 2.88. The zero-order valence-electron chi connectivity index (χ0n) is 24.7. The molecule has 1 aromatic rings. The van der Waals surface area contributed by atoms with E-state index in [1.807, 2.05) is 0 Å². The van der Waals surface area contributed by atoms with Crippen LogP contribution in [0, 0.1) is 5.92 Å². The molecular formula is C31H52O8. The molecule has 0 bridgehead atoms. The molecule has 0 spiro atoms. The number of hydrogen-bond donors (Lipinski definition) is 3. The van der Waals surface area contributed by atoms with Gasteiger partial charge in [-0.15, -0.1) is 0 Å². The van der Waals surface area contributed by atoms with Crippen LogP contribution in [-0.4, -0.2) is 72.4 Å². The summed E-state index contributed by atoms with van der Waals surface area (Å²) in [5, 5.41) is 32.6. The predicted octanol–water partition coefficient (Wildman–Crippen LogP) is 6.48. The summed E-state index contributed by atoms with van der Waals surface area (Å²) in [6, 6.07) is 1.14. The van der Waals surface area contributed by atoms with Crippen molar-refractivity contribution in [2.45, 2.75) is 117 Å². The first-order valence-corrected chi connectivity index (χ1v) is 15.0. The lowest BCUT2D eigenvalue weighted by Crippen LogP contribution is -2.55. The molecule has 5 atom stereocenters. The fraction of sp³-hybridized carbons (Fsp3) is 0.774. The van der Waals surface area contributed by atoms with E-state index in [-0.39, 0.29) is 28.9 Å². The summed E-state index contributed by atoms with van der Waals surface area (Å²) in [5.41, 5.74) is 0.00443. The SMILES string of the molecule is CCCCOCC1CC(c2c(O)cc(O)c(C(C)=O)c2O)C(OCCCC)C(OCCCC)C1OCCCC. The minimum atomic E-state index is -0.534. The van der Waals surface area contributed by atoms with E-state index in [9.17, 15) is 20.1 Å². The average molecular weight is 553 g/mol. The van der Waals surface area contributed by atoms with Crippen LogP contribution in [0.4, 0.5) is 0 Å². The summed E-state index contributed by atoms with van der Waals surface area (Å²) in [6.45, 7) is 12.4. The molecule has 8 heteroatoms. The second-order valence-electron chi connectivity index (χ2n) is 10.7. The molecule has 1 fully saturated rings. The Kier molecular flexibility index (Phi) is 15.2. The lowest BCUT2D eigenvalue weighted by Gasteiger charge is -2.47. The van der Waals surface area contributed by atoms with Gasteiger partial charge in [-0.05, 0) is 39.0 Å². The van der Waals surface area contributed by atoms with Crippen LogP contribution in [0.1, 0.15) is 114 Å². The Morgan fingerprint density at radius 1 is 0.769 bits per heavy atom. The number of ether oxygens (including phenoxy) is 4. The molecule has 2 rings (SSSR count). The number of benzene rings is 1. The Labute approximate surface area is 235 Å². The zero-order valence-corrected chi connectivity index (χ0v) is 24.7. The number of rotatable bonds is 19. The number of hydrogen-bond acceptors (Lipinski definition) is 8. The predicted molar refractivity (Wildman–Crippen MR) is 152 cm³/mol. The maximum atomic E-state index is 12.3. The molecule has 0 radical (unpaired) electrons. The fourth-order valence-electron chi connectivity index (χ4n) is 5.30. The number of ketones is 1. The second-order valence-corrected chi connectivity index (χ2v) is 10.7. The highest BCUT2D eigenvalue weighted by Crippen LogP contribution is 2.49. The van der Waals surface area contributed by atoms with Gasteiger partial charge in [0.05, 0.1) is 18.8 Å². The van der Waals surface area contributed by atoms with Gasteiger partial charge in [0.25, 0.3) is 0 Å². The number of carbonyl (C=O) groups excluding carboxylic acids is 1. The smallest absolute Gasteiger partial charge is 0.167 e. The van der Waals surface area contributed by atoms with Crippen molar-refractivity contribution in [3.05, 3.63) is 17.2 Å². The second kappa shape index (κ2) is 17.7. The van der Waals surface area contributed by atoms with Gasteiger partial charge in [-0.3, -0.25) is 4.79 Å². The van der Waals surface area contributed by atoms with Crippen molar-refractivity contribution in [1.29, 1.82) is 0 Å². The summed E-state index contributed by atoms with van der Waals surface area (Å²) >= 11 is 0. The molecule has 0 heterocycles. The van der Waals surface area contributed by atoms with E-state index in [0.717, 1.165) is 57.4 Å². The topological polar surface area (TPSA) is 115 Å². The minimum Gasteiger partial charge on any atom is -0.507 e. The Morgan fingerprint density at radius 2 is 1.28 bits per heavy atom. The minimum absolute atomic E-state index is 0.0882. The van der Waals surface area contributed by atoms with Gasteiger partial charge in [0.15, 0.2) is 5.78 Å². The van der Waals surface area contributed by atoms with E-state index < -0.39 is 35.4 Å². The maximum Gasteiger partial charge on any atom is 0.167 e. The van der Waals surface area contributed by atoms with Gasteiger partial charge in [0.1, 0.15) is 28.9 Å². The van der Waals surface area contributed by atoms with E-state index in [0.29, 0.717) is 39.5 Å². The number of unbranched alkanes of at least 4 members (excludes halogenated alkanes) is 4. The van der Waals surface area contributed by atoms with Crippen LogP contribution >= 0.6 is 0 Å². The van der Waals surface area contributed by atoms with Gasteiger partial charge in [-0.25, -0.2) is 0 Å². The molecule has 1 aliphatic carbocycles. The van der Waals surface area contributed by atoms with Gasteiger partial charge < -0.3 is 34.3 Å². The Balaban J connectivity index is 2.60. The number of carbonyl (C=O) groups is 1. The highest BCUT2D eigenvalue weighted by atomic mass is 16.6. The summed E-state index contributed by atoms with van der Waals surface area (Å²) < 4.78 is 25.6. The summed E-state index contributed by atoms with van der Waals surface area (Å²) in [6.07, 6.45) is 6.79. The molecule has 0 aromatic heterocycles. The third-order valence-corrected chi connectivity index (χ3v) is 7.48. The van der Waals surface area contributed by atoms with Crippen molar-refractivity contribution in [3.8, 4) is 17.2 Å². The number of aromatic hydroxyl groups is 3. The Bertz CT molecular complexity index is 857. The molecular weight excluding hydrogens is 500 g/mol. The summed E-state index contributed by atoms with van der Waals surface area (Å²) in [4.78, 5) is 12.3. The molecule has 5 unspecified atom stereocenters. The number of phenols is 3. The van der Waals surface area contributed by atoms with Crippen LogP contribution in [0.15, 0.2) is 6.07 Å². The maximum absolute atomic E-state index is 12.3. The van der Waals surface area contributed by atoms with Crippen molar-refractivity contribution >= 4 is 5.78 Å². The first-order valence-electron chi connectivity index (χ1n) is 15.0. The molecule has 1 aliphatic rings. The van der Waals surface area contributed by atoms with Crippen LogP contribution < -0.4 is 0 Å². The van der Waals surface area contributed by atoms with Crippen LogP contribution in [-0.2, 0) is 18.9 Å². The largest absolute Gasteiger partial charge is 0.507 e. The third kappa shape index (κ3) is 9.34. The lowest BCUT2D eigenvalue weighted by molar-refractivity contribution is -0.191. The third-order valence-electron chi connectivity index (χ3n) is 7.48. The summed E-state index contributed by atoms with van der Waals surface area (Å²) in [7, 11) is 0. The van der Waals surface area contributed by atoms with Crippen molar-refractivity contribution in [2.75, 3.05) is 33.0 Å². The quantitative estimate of drug-likeness (QED) is 0.132. The van der Waals surface area contributed by atoms with E-state index in [4.69, 9.17) is 18.9 Å². The van der Waals surface area contributed by atoms with Crippen molar-refractivity contribution < 1.29 is 39.1 Å². The highest BCUT2D eigenvalue weighted by Gasteiger charge is 2.49. The van der Waals surface area contributed by atoms with Crippen LogP contribution in [0.25, 0.3) is 0 Å². The van der Waals surface area contributed by atoms with E-state index in [2.05, 4.69) is 27.7 Å². The highest BCUT2D eigenvalue weighted by molar-refractivity contribution is 6.00. The molecule has 1 saturated carbocycles. The van der Waals surface area contributed by atoms with Gasteiger partial charge >= 0.3 is 0 Å².